The SMILES string of the molecule is N#CC1CN1C(=O)NC(=O)Cc1cccc(Cl)n1. The third-order valence-electron chi connectivity index (χ3n) is 2.38. The van der Waals surface area contributed by atoms with Crippen LogP contribution in [0.2, 0.25) is 5.15 Å². The van der Waals surface area contributed by atoms with Crippen molar-refractivity contribution in [2.24, 2.45) is 0 Å². The average molecular weight is 265 g/mol. The van der Waals surface area contributed by atoms with Gasteiger partial charge in [-0.1, -0.05) is 17.7 Å². The molecule has 1 aromatic rings. The second-order valence-electron chi connectivity index (χ2n) is 3.78. The Morgan fingerprint density at radius 3 is 3.00 bits per heavy atom. The minimum Gasteiger partial charge on any atom is -0.303 e. The summed E-state index contributed by atoms with van der Waals surface area (Å²) >= 11 is 5.68. The maximum atomic E-state index is 11.5. The van der Waals surface area contributed by atoms with Crippen LogP contribution < -0.4 is 5.32 Å². The maximum absolute atomic E-state index is 11.5. The molecule has 0 aromatic carbocycles. The normalized spacial score (nSPS) is 16.9. The van der Waals surface area contributed by atoms with Gasteiger partial charge in [-0.3, -0.25) is 10.1 Å². The molecule has 0 saturated carbocycles. The molecule has 1 aromatic heterocycles. The molecular formula is C11H9ClN4O2. The fourth-order valence-corrected chi connectivity index (χ4v) is 1.60. The summed E-state index contributed by atoms with van der Waals surface area (Å²) < 4.78 is 0. The fraction of sp³-hybridized carbons (Fsp3) is 0.273. The van der Waals surface area contributed by atoms with Gasteiger partial charge in [0.15, 0.2) is 0 Å². The highest BCUT2D eigenvalue weighted by atomic mass is 35.5. The Morgan fingerprint density at radius 2 is 2.39 bits per heavy atom. The van der Waals surface area contributed by atoms with Crippen LogP contribution in [0, 0.1) is 11.3 Å². The molecule has 0 aliphatic carbocycles. The first-order valence-corrected chi connectivity index (χ1v) is 5.59. The molecule has 1 aliphatic rings. The molecule has 1 N–H and O–H groups in total. The summed E-state index contributed by atoms with van der Waals surface area (Å²) in [6.45, 7) is 0.366. The first-order chi connectivity index (χ1) is 8.60. The molecular weight excluding hydrogens is 256 g/mol. The van der Waals surface area contributed by atoms with Crippen molar-refractivity contribution in [3.8, 4) is 6.07 Å². The number of rotatable bonds is 2. The Hall–Kier alpha value is -2.13. The smallest absolute Gasteiger partial charge is 0.303 e. The van der Waals surface area contributed by atoms with Crippen molar-refractivity contribution < 1.29 is 9.59 Å². The summed E-state index contributed by atoms with van der Waals surface area (Å²) in [7, 11) is 0. The van der Waals surface area contributed by atoms with E-state index in [9.17, 15) is 9.59 Å². The number of aromatic nitrogens is 1. The molecule has 18 heavy (non-hydrogen) atoms. The van der Waals surface area contributed by atoms with Crippen LogP contribution in [-0.4, -0.2) is 34.4 Å². The van der Waals surface area contributed by atoms with Gasteiger partial charge in [-0.05, 0) is 12.1 Å². The molecule has 1 unspecified atom stereocenters. The highest BCUT2D eigenvalue weighted by molar-refractivity contribution is 6.29. The first-order valence-electron chi connectivity index (χ1n) is 5.21. The molecule has 1 saturated heterocycles. The Balaban J connectivity index is 1.86. The number of carbonyl (C=O) groups is 2. The Bertz CT molecular complexity index is 540. The van der Waals surface area contributed by atoms with Gasteiger partial charge in [0, 0.05) is 0 Å². The molecule has 1 fully saturated rings. The van der Waals surface area contributed by atoms with Crippen molar-refractivity contribution in [2.45, 2.75) is 12.5 Å². The molecule has 1 atom stereocenters. The van der Waals surface area contributed by atoms with Crippen molar-refractivity contribution in [3.63, 3.8) is 0 Å². The average Bonchev–Trinajstić information content (AvgIpc) is 3.07. The van der Waals surface area contributed by atoms with E-state index >= 15 is 0 Å². The van der Waals surface area contributed by atoms with E-state index in [1.165, 1.54) is 4.90 Å². The standard InChI is InChI=1S/C11H9ClN4O2/c12-9-3-1-2-7(14-9)4-10(17)15-11(18)16-6-8(16)5-13/h1-3,8H,4,6H2,(H,15,17,18). The lowest BCUT2D eigenvalue weighted by molar-refractivity contribution is -0.119. The summed E-state index contributed by atoms with van der Waals surface area (Å²) in [5.74, 6) is -0.474. The molecule has 0 bridgehead atoms. The van der Waals surface area contributed by atoms with Crippen LogP contribution in [0.3, 0.4) is 0 Å². The van der Waals surface area contributed by atoms with E-state index in [1.54, 1.807) is 18.2 Å². The summed E-state index contributed by atoms with van der Waals surface area (Å²) in [4.78, 5) is 28.2. The van der Waals surface area contributed by atoms with Crippen molar-refractivity contribution in [1.82, 2.24) is 15.2 Å². The summed E-state index contributed by atoms with van der Waals surface area (Å²) in [5, 5.41) is 11.0. The van der Waals surface area contributed by atoms with Gasteiger partial charge >= 0.3 is 6.03 Å². The lowest BCUT2D eigenvalue weighted by atomic mass is 10.2. The monoisotopic (exact) mass is 264 g/mol. The number of halogens is 1. The second kappa shape index (κ2) is 5.02. The van der Waals surface area contributed by atoms with Crippen LogP contribution in [0.1, 0.15) is 5.69 Å². The van der Waals surface area contributed by atoms with E-state index in [2.05, 4.69) is 10.3 Å². The van der Waals surface area contributed by atoms with Crippen molar-refractivity contribution in [2.75, 3.05) is 6.54 Å². The Kier molecular flexibility index (Phi) is 3.44. The number of carbonyl (C=O) groups excluding carboxylic acids is 2. The molecule has 1 aliphatic heterocycles. The molecule has 0 spiro atoms. The zero-order valence-electron chi connectivity index (χ0n) is 9.26. The van der Waals surface area contributed by atoms with Crippen LogP contribution in [0.5, 0.6) is 0 Å². The van der Waals surface area contributed by atoms with E-state index in [-0.39, 0.29) is 6.42 Å². The number of pyridine rings is 1. The lowest BCUT2D eigenvalue weighted by Gasteiger charge is -2.04. The van der Waals surface area contributed by atoms with Crippen LogP contribution >= 0.6 is 11.6 Å². The van der Waals surface area contributed by atoms with Crippen molar-refractivity contribution in [3.05, 3.63) is 29.0 Å². The first kappa shape index (κ1) is 12.3. The second-order valence-corrected chi connectivity index (χ2v) is 4.17. The molecule has 6 nitrogen and oxygen atoms in total. The number of nitrogens with one attached hydrogen (secondary N) is 1. The zero-order chi connectivity index (χ0) is 13.1. The number of amides is 3. The van der Waals surface area contributed by atoms with E-state index in [0.29, 0.717) is 17.4 Å². The van der Waals surface area contributed by atoms with Gasteiger partial charge in [0.05, 0.1) is 24.7 Å². The van der Waals surface area contributed by atoms with Gasteiger partial charge in [-0.25, -0.2) is 9.78 Å². The van der Waals surface area contributed by atoms with E-state index < -0.39 is 18.0 Å². The molecule has 92 valence electrons. The predicted octanol–water partition coefficient (Wildman–Crippen LogP) is 0.721. The number of nitriles is 1. The van der Waals surface area contributed by atoms with Gasteiger partial charge in [0.2, 0.25) is 5.91 Å². The fourth-order valence-electron chi connectivity index (χ4n) is 1.42. The summed E-state index contributed by atoms with van der Waals surface area (Å²) in [6, 6.07) is 5.88. The number of nitrogens with zero attached hydrogens (tertiary/aromatic N) is 3. The predicted molar refractivity (Wildman–Crippen MR) is 62.6 cm³/mol. The number of hydrogen-bond donors (Lipinski definition) is 1. The van der Waals surface area contributed by atoms with E-state index in [4.69, 9.17) is 16.9 Å². The Morgan fingerprint density at radius 1 is 1.61 bits per heavy atom. The molecule has 0 radical (unpaired) electrons. The minimum atomic E-state index is -0.548. The van der Waals surface area contributed by atoms with Crippen LogP contribution in [0.25, 0.3) is 0 Å². The molecule has 7 heteroatoms. The third-order valence-corrected chi connectivity index (χ3v) is 2.59. The van der Waals surface area contributed by atoms with Crippen LogP contribution in [0.4, 0.5) is 4.79 Å². The summed E-state index contributed by atoms with van der Waals surface area (Å²) in [6.07, 6.45) is -0.0304. The van der Waals surface area contributed by atoms with Crippen molar-refractivity contribution >= 4 is 23.5 Å². The highest BCUT2D eigenvalue weighted by Crippen LogP contribution is 2.15. The van der Waals surface area contributed by atoms with E-state index in [0.717, 1.165) is 0 Å². The van der Waals surface area contributed by atoms with E-state index in [1.807, 2.05) is 6.07 Å². The topological polar surface area (TPSA) is 85.9 Å². The number of urea groups is 1. The molecule has 2 rings (SSSR count). The maximum Gasteiger partial charge on any atom is 0.325 e. The van der Waals surface area contributed by atoms with Gasteiger partial charge < -0.3 is 4.90 Å². The lowest BCUT2D eigenvalue weighted by Crippen LogP contribution is -2.36. The highest BCUT2D eigenvalue weighted by Gasteiger charge is 2.39. The van der Waals surface area contributed by atoms with Crippen LogP contribution in [-0.2, 0) is 11.2 Å². The third kappa shape index (κ3) is 2.96. The quantitative estimate of drug-likeness (QED) is 0.630. The van der Waals surface area contributed by atoms with Gasteiger partial charge in [-0.15, -0.1) is 0 Å². The van der Waals surface area contributed by atoms with Gasteiger partial charge in [0.1, 0.15) is 11.2 Å². The van der Waals surface area contributed by atoms with Crippen molar-refractivity contribution in [1.29, 1.82) is 5.26 Å². The Labute approximate surface area is 108 Å². The molecule has 2 heterocycles. The van der Waals surface area contributed by atoms with Gasteiger partial charge in [0.25, 0.3) is 0 Å². The summed E-state index contributed by atoms with van der Waals surface area (Å²) in [5.41, 5.74) is 0.482. The largest absolute Gasteiger partial charge is 0.325 e. The molecule has 3 amide bonds. The zero-order valence-corrected chi connectivity index (χ0v) is 10.0. The van der Waals surface area contributed by atoms with Crippen LogP contribution in [0.15, 0.2) is 18.2 Å². The van der Waals surface area contributed by atoms with Gasteiger partial charge in [-0.2, -0.15) is 5.26 Å². The minimum absolute atomic E-state index is 0.0304. The number of imide groups is 1. The number of hydrogen-bond acceptors (Lipinski definition) is 4.